The van der Waals surface area contributed by atoms with E-state index in [9.17, 15) is 4.79 Å². The van der Waals surface area contributed by atoms with Crippen LogP contribution in [0.1, 0.15) is 38.5 Å². The first-order chi connectivity index (χ1) is 14.3. The molecular weight excluding hydrogens is 368 g/mol. The molecular formula is C27H30OSi. The summed E-state index contributed by atoms with van der Waals surface area (Å²) in [4.78, 5) is 12.4. The lowest BCUT2D eigenvalue weighted by atomic mass is 9.85. The lowest BCUT2D eigenvalue weighted by Crippen LogP contribution is -2.66. The number of ketones is 1. The third kappa shape index (κ3) is 4.28. The van der Waals surface area contributed by atoms with Crippen molar-refractivity contribution in [2.45, 2.75) is 44.6 Å². The predicted octanol–water partition coefficient (Wildman–Crippen LogP) is 4.70. The fourth-order valence-corrected chi connectivity index (χ4v) is 9.96. The summed E-state index contributed by atoms with van der Waals surface area (Å²) in [6.45, 7) is 0. The van der Waals surface area contributed by atoms with Gasteiger partial charge in [-0.05, 0) is 40.9 Å². The third-order valence-corrected chi connectivity index (χ3v) is 11.6. The van der Waals surface area contributed by atoms with E-state index in [0.717, 1.165) is 38.1 Å². The van der Waals surface area contributed by atoms with E-state index in [-0.39, 0.29) is 5.92 Å². The SMILES string of the molecule is O=C1CCCCC1CCC[Si](c1ccccc1)(c1ccccc1)c1ccccc1. The molecule has 3 aromatic carbocycles. The maximum absolute atomic E-state index is 12.4. The lowest BCUT2D eigenvalue weighted by molar-refractivity contribution is -0.124. The first-order valence-corrected chi connectivity index (χ1v) is 13.2. The molecule has 0 amide bonds. The van der Waals surface area contributed by atoms with Crippen LogP contribution >= 0.6 is 0 Å². The molecule has 0 heterocycles. The topological polar surface area (TPSA) is 17.1 Å². The molecule has 1 atom stereocenters. The quantitative estimate of drug-likeness (QED) is 0.417. The molecule has 2 heteroatoms. The van der Waals surface area contributed by atoms with Gasteiger partial charge in [0.05, 0.1) is 0 Å². The van der Waals surface area contributed by atoms with E-state index in [1.807, 2.05) is 0 Å². The number of rotatable bonds is 7. The van der Waals surface area contributed by atoms with Gasteiger partial charge in [0.2, 0.25) is 0 Å². The predicted molar refractivity (Wildman–Crippen MR) is 125 cm³/mol. The van der Waals surface area contributed by atoms with E-state index in [4.69, 9.17) is 0 Å². The summed E-state index contributed by atoms with van der Waals surface area (Å²) in [5.41, 5.74) is 0. The van der Waals surface area contributed by atoms with Crippen LogP contribution < -0.4 is 15.6 Å². The standard InChI is InChI=1S/C27H30OSi/c28-27-21-11-10-13-23(27)14-12-22-29(24-15-4-1-5-16-24,25-17-6-2-7-18-25)26-19-8-3-9-20-26/h1-9,15-20,23H,10-14,21-22H2. The zero-order valence-corrected chi connectivity index (χ0v) is 18.1. The van der Waals surface area contributed by atoms with Crippen LogP contribution in [0.4, 0.5) is 0 Å². The van der Waals surface area contributed by atoms with Crippen LogP contribution in [0, 0.1) is 5.92 Å². The monoisotopic (exact) mass is 398 g/mol. The molecule has 1 aliphatic rings. The number of benzene rings is 3. The van der Waals surface area contributed by atoms with Gasteiger partial charge in [0.1, 0.15) is 13.9 Å². The van der Waals surface area contributed by atoms with Crippen LogP contribution in [0.25, 0.3) is 0 Å². The summed E-state index contributed by atoms with van der Waals surface area (Å²) in [7, 11) is -2.14. The number of Topliss-reactive ketones (excluding diaryl/α,β-unsaturated/α-hetero) is 1. The average molecular weight is 399 g/mol. The smallest absolute Gasteiger partial charge is 0.148 e. The van der Waals surface area contributed by atoms with E-state index in [2.05, 4.69) is 91.0 Å². The van der Waals surface area contributed by atoms with Gasteiger partial charge >= 0.3 is 0 Å². The average Bonchev–Trinajstić information content (AvgIpc) is 2.80. The van der Waals surface area contributed by atoms with Crippen molar-refractivity contribution in [1.82, 2.24) is 0 Å². The molecule has 1 unspecified atom stereocenters. The highest BCUT2D eigenvalue weighted by molar-refractivity contribution is 7.11. The van der Waals surface area contributed by atoms with Crippen molar-refractivity contribution in [2.75, 3.05) is 0 Å². The molecule has 1 aliphatic carbocycles. The van der Waals surface area contributed by atoms with Gasteiger partial charge in [-0.25, -0.2) is 0 Å². The molecule has 0 aromatic heterocycles. The Kier molecular flexibility index (Phi) is 6.41. The van der Waals surface area contributed by atoms with Crippen LogP contribution in [-0.2, 0) is 4.79 Å². The van der Waals surface area contributed by atoms with E-state index in [0.29, 0.717) is 5.78 Å². The van der Waals surface area contributed by atoms with Gasteiger partial charge in [-0.3, -0.25) is 4.79 Å². The Bertz CT molecular complexity index is 808. The number of carbonyl (C=O) groups excluding carboxylic acids is 1. The van der Waals surface area contributed by atoms with Crippen molar-refractivity contribution in [3.8, 4) is 0 Å². The summed E-state index contributed by atoms with van der Waals surface area (Å²) in [6.07, 6.45) is 6.35. The van der Waals surface area contributed by atoms with Crippen molar-refractivity contribution in [3.63, 3.8) is 0 Å². The summed E-state index contributed by atoms with van der Waals surface area (Å²) in [5.74, 6) is 0.792. The maximum atomic E-state index is 12.4. The van der Waals surface area contributed by atoms with Crippen LogP contribution in [0.5, 0.6) is 0 Å². The Morgan fingerprint density at radius 1 is 0.690 bits per heavy atom. The van der Waals surface area contributed by atoms with Crippen LogP contribution in [-0.4, -0.2) is 13.9 Å². The third-order valence-electron chi connectivity index (χ3n) is 6.59. The lowest BCUT2D eigenvalue weighted by Gasteiger charge is -2.34. The highest BCUT2D eigenvalue weighted by Crippen LogP contribution is 2.27. The van der Waals surface area contributed by atoms with Crippen molar-refractivity contribution in [2.24, 2.45) is 5.92 Å². The zero-order chi connectivity index (χ0) is 19.9. The fraction of sp³-hybridized carbons (Fsp3) is 0.296. The van der Waals surface area contributed by atoms with E-state index in [1.165, 1.54) is 22.0 Å². The van der Waals surface area contributed by atoms with Gasteiger partial charge in [-0.1, -0.05) is 104 Å². The molecule has 1 saturated carbocycles. The van der Waals surface area contributed by atoms with Gasteiger partial charge in [0.15, 0.2) is 0 Å². The Morgan fingerprint density at radius 3 is 1.62 bits per heavy atom. The Hall–Kier alpha value is -2.45. The number of hydrogen-bond acceptors (Lipinski definition) is 1. The summed E-state index contributed by atoms with van der Waals surface area (Å²) in [6, 6.07) is 34.4. The molecule has 0 bridgehead atoms. The molecule has 0 spiro atoms. The van der Waals surface area contributed by atoms with Crippen molar-refractivity contribution < 1.29 is 4.79 Å². The second-order valence-corrected chi connectivity index (χ2v) is 12.3. The largest absolute Gasteiger partial charge is 0.299 e. The Labute approximate surface area is 175 Å². The molecule has 29 heavy (non-hydrogen) atoms. The van der Waals surface area contributed by atoms with Crippen molar-refractivity contribution in [3.05, 3.63) is 91.0 Å². The molecule has 3 aromatic rings. The van der Waals surface area contributed by atoms with Crippen molar-refractivity contribution >= 4 is 29.4 Å². The fourth-order valence-electron chi connectivity index (χ4n) is 5.08. The zero-order valence-electron chi connectivity index (χ0n) is 17.1. The maximum Gasteiger partial charge on any atom is 0.148 e. The number of hydrogen-bond donors (Lipinski definition) is 0. The molecule has 4 rings (SSSR count). The Morgan fingerprint density at radius 2 is 1.17 bits per heavy atom. The van der Waals surface area contributed by atoms with Crippen LogP contribution in [0.3, 0.4) is 0 Å². The summed E-state index contributed by atoms with van der Waals surface area (Å²) in [5, 5.41) is 4.40. The minimum Gasteiger partial charge on any atom is -0.299 e. The van der Waals surface area contributed by atoms with Crippen LogP contribution in [0.2, 0.25) is 6.04 Å². The minimum atomic E-state index is -2.14. The molecule has 1 fully saturated rings. The normalized spacial score (nSPS) is 17.2. The molecule has 148 valence electrons. The first kappa shape index (κ1) is 19.8. The van der Waals surface area contributed by atoms with Crippen molar-refractivity contribution in [1.29, 1.82) is 0 Å². The highest BCUT2D eigenvalue weighted by atomic mass is 28.3. The molecule has 0 aliphatic heterocycles. The van der Waals surface area contributed by atoms with E-state index >= 15 is 0 Å². The van der Waals surface area contributed by atoms with Gasteiger partial charge in [0.25, 0.3) is 0 Å². The molecule has 0 N–H and O–H groups in total. The van der Waals surface area contributed by atoms with Crippen LogP contribution in [0.15, 0.2) is 91.0 Å². The van der Waals surface area contributed by atoms with Gasteiger partial charge in [-0.2, -0.15) is 0 Å². The highest BCUT2D eigenvalue weighted by Gasteiger charge is 2.38. The summed E-state index contributed by atoms with van der Waals surface area (Å²) < 4.78 is 0. The van der Waals surface area contributed by atoms with E-state index in [1.54, 1.807) is 0 Å². The Balaban J connectivity index is 1.72. The molecule has 1 nitrogen and oxygen atoms in total. The number of carbonyl (C=O) groups is 1. The van der Waals surface area contributed by atoms with Gasteiger partial charge in [0, 0.05) is 12.3 Å². The second-order valence-electron chi connectivity index (χ2n) is 8.30. The van der Waals surface area contributed by atoms with Gasteiger partial charge in [-0.15, -0.1) is 0 Å². The van der Waals surface area contributed by atoms with Gasteiger partial charge < -0.3 is 0 Å². The molecule has 0 radical (unpaired) electrons. The second kappa shape index (κ2) is 9.36. The first-order valence-electron chi connectivity index (χ1n) is 11.0. The minimum absolute atomic E-state index is 0.290. The van der Waals surface area contributed by atoms with E-state index < -0.39 is 8.07 Å². The molecule has 0 saturated heterocycles. The summed E-state index contributed by atoms with van der Waals surface area (Å²) >= 11 is 0.